The van der Waals surface area contributed by atoms with Crippen LogP contribution in [0.2, 0.25) is 0 Å². The minimum Gasteiger partial charge on any atom is -0.376 e. The highest BCUT2D eigenvalue weighted by molar-refractivity contribution is 6.02. The summed E-state index contributed by atoms with van der Waals surface area (Å²) in [5.41, 5.74) is 13.1. The first-order valence-corrected chi connectivity index (χ1v) is 21.7. The molecular formula is C48H45N15. The van der Waals surface area contributed by atoms with Crippen molar-refractivity contribution in [3.63, 3.8) is 0 Å². The molecule has 12 rings (SSSR count). The maximum atomic E-state index is 5.39. The number of pyridine rings is 6. The number of aromatic nitrogens is 12. The molecule has 312 valence electrons. The Bertz CT molecular complexity index is 3300. The largest absolute Gasteiger partial charge is 0.376 e. The average Bonchev–Trinajstić information content (AvgIpc) is 4.16. The topological polar surface area (TPSA) is 176 Å². The molecule has 2 aliphatic heterocycles. The van der Waals surface area contributed by atoms with Crippen LogP contribution in [-0.2, 0) is 0 Å². The smallest absolute Gasteiger partial charge is 0.138 e. The number of aromatic amines is 4. The molecule has 10 aromatic rings. The summed E-state index contributed by atoms with van der Waals surface area (Å²) in [6, 6.07) is 18.9. The number of hydrogen-bond donors (Lipinski definition) is 4. The van der Waals surface area contributed by atoms with Gasteiger partial charge in [-0.25, -0.2) is 9.97 Å². The minimum absolute atomic E-state index is 0.101. The zero-order chi connectivity index (χ0) is 42.0. The van der Waals surface area contributed by atoms with Gasteiger partial charge in [0.2, 0.25) is 0 Å². The third kappa shape index (κ3) is 6.49. The number of fused-ring (bicyclic) bond motifs is 4. The maximum Gasteiger partial charge on any atom is 0.138 e. The number of piperidine rings is 2. The van der Waals surface area contributed by atoms with E-state index in [9.17, 15) is 0 Å². The van der Waals surface area contributed by atoms with Crippen LogP contribution < -0.4 is 14.7 Å². The summed E-state index contributed by atoms with van der Waals surface area (Å²) in [5.74, 6) is 2.08. The monoisotopic (exact) mass is 831 g/mol. The van der Waals surface area contributed by atoms with Crippen LogP contribution in [-0.4, -0.2) is 101 Å². The molecule has 63 heavy (non-hydrogen) atoms. The summed E-state index contributed by atoms with van der Waals surface area (Å²) in [6.45, 7) is 3.68. The fourth-order valence-corrected chi connectivity index (χ4v) is 9.63. The Morgan fingerprint density at radius 2 is 1.38 bits per heavy atom. The number of anilines is 3. The van der Waals surface area contributed by atoms with Crippen LogP contribution in [0.15, 0.2) is 98.0 Å². The summed E-state index contributed by atoms with van der Waals surface area (Å²) in [5, 5.41) is 20.6. The fourth-order valence-electron chi connectivity index (χ4n) is 9.63. The predicted molar refractivity (Wildman–Crippen MR) is 249 cm³/mol. The number of hydrogen-bond acceptors (Lipinski definition) is 11. The third-order valence-electron chi connectivity index (χ3n) is 12.9. The molecular weight excluding hydrogens is 787 g/mol. The molecule has 1 unspecified atom stereocenters. The molecule has 0 amide bonds. The molecule has 12 heterocycles. The van der Waals surface area contributed by atoms with Crippen LogP contribution in [0.25, 0.3) is 88.9 Å². The van der Waals surface area contributed by atoms with Crippen molar-refractivity contribution in [1.29, 1.82) is 0 Å². The fraction of sp³-hybridized carbons (Fsp3) is 0.250. The lowest BCUT2D eigenvalue weighted by Crippen LogP contribution is -2.35. The quantitative estimate of drug-likeness (QED) is 0.115. The van der Waals surface area contributed by atoms with Crippen molar-refractivity contribution in [2.24, 2.45) is 0 Å². The van der Waals surface area contributed by atoms with Gasteiger partial charge in [-0.1, -0.05) is 0 Å². The summed E-state index contributed by atoms with van der Waals surface area (Å²) in [6.07, 6.45) is 18.6. The SMILES string of the molecule is CN(C)c1cncc(-c2cc3c(-c4cc5c(N6CCCC(c7nc(-c8cccnc8)cc8c(-c9cc%10c(N%11CCCCC%11)nccc%10[nH]9)[nH]nc78)C6)nccc5[nH]4)n[nH]c3cn2)c1. The summed E-state index contributed by atoms with van der Waals surface area (Å²) in [7, 11) is 4.02. The molecule has 0 aliphatic carbocycles. The molecule has 15 nitrogen and oxygen atoms in total. The first-order chi connectivity index (χ1) is 31.0. The second-order valence-electron chi connectivity index (χ2n) is 17.0. The zero-order valence-corrected chi connectivity index (χ0v) is 35.1. The molecule has 0 aromatic carbocycles. The number of nitrogens with zero attached hydrogens (tertiary/aromatic N) is 11. The van der Waals surface area contributed by atoms with Gasteiger partial charge in [-0.05, 0) is 86.7 Å². The van der Waals surface area contributed by atoms with Crippen molar-refractivity contribution in [2.45, 2.75) is 38.0 Å². The van der Waals surface area contributed by atoms with Crippen molar-refractivity contribution in [2.75, 3.05) is 55.0 Å². The predicted octanol–water partition coefficient (Wildman–Crippen LogP) is 8.88. The molecule has 2 saturated heterocycles. The van der Waals surface area contributed by atoms with Crippen LogP contribution in [0.5, 0.6) is 0 Å². The molecule has 0 spiro atoms. The molecule has 0 saturated carbocycles. The van der Waals surface area contributed by atoms with E-state index in [1.807, 2.05) is 68.3 Å². The van der Waals surface area contributed by atoms with E-state index in [1.54, 1.807) is 6.20 Å². The third-order valence-corrected chi connectivity index (χ3v) is 12.9. The summed E-state index contributed by atoms with van der Waals surface area (Å²) < 4.78 is 0. The standard InChI is InChI=1S/C48H45N15/c1-61(2)31-18-30(24-50-25-31)38-19-32-42(26-53-38)57-58-44(32)40-21-34-37(54-40)11-14-52-48(34)63-17-7-9-29(27-63)43-46-35(22-39(56-43)28-8-6-12-49-23-28)45(59-60-46)41-20-33-36(55-41)10-13-51-47(33)62-15-4-3-5-16-62/h6,8,10-14,18-26,29,54-55H,3-5,7,9,15-17,27H2,1-2H3,(H,57,58)(H,59,60). The highest BCUT2D eigenvalue weighted by Gasteiger charge is 2.29. The van der Waals surface area contributed by atoms with E-state index < -0.39 is 0 Å². The van der Waals surface area contributed by atoms with Gasteiger partial charge in [-0.15, -0.1) is 0 Å². The Morgan fingerprint density at radius 3 is 2.19 bits per heavy atom. The highest BCUT2D eigenvalue weighted by atomic mass is 15.2. The molecule has 10 aromatic heterocycles. The average molecular weight is 832 g/mol. The molecule has 1 atom stereocenters. The second kappa shape index (κ2) is 15.0. The van der Waals surface area contributed by atoms with Gasteiger partial charge in [-0.2, -0.15) is 10.2 Å². The van der Waals surface area contributed by atoms with E-state index in [0.29, 0.717) is 0 Å². The maximum absolute atomic E-state index is 5.39. The van der Waals surface area contributed by atoms with Crippen molar-refractivity contribution in [3.8, 4) is 45.3 Å². The van der Waals surface area contributed by atoms with Gasteiger partial charge in [-0.3, -0.25) is 30.1 Å². The molecule has 2 fully saturated rings. The van der Waals surface area contributed by atoms with Gasteiger partial charge in [0.25, 0.3) is 0 Å². The Labute approximate surface area is 362 Å². The van der Waals surface area contributed by atoms with Crippen LogP contribution in [0.4, 0.5) is 17.3 Å². The molecule has 4 N–H and O–H groups in total. The zero-order valence-electron chi connectivity index (χ0n) is 35.1. The lowest BCUT2D eigenvalue weighted by atomic mass is 9.92. The first kappa shape index (κ1) is 37.1. The molecule has 2 aliphatic rings. The van der Waals surface area contributed by atoms with E-state index in [2.05, 4.69) is 82.4 Å². The van der Waals surface area contributed by atoms with Crippen molar-refractivity contribution in [1.82, 2.24) is 60.3 Å². The van der Waals surface area contributed by atoms with Gasteiger partial charge in [0, 0.05) is 110 Å². The second-order valence-corrected chi connectivity index (χ2v) is 17.0. The molecule has 0 bridgehead atoms. The molecule has 15 heteroatoms. The summed E-state index contributed by atoms with van der Waals surface area (Å²) in [4.78, 5) is 43.2. The Morgan fingerprint density at radius 1 is 0.619 bits per heavy atom. The van der Waals surface area contributed by atoms with Crippen LogP contribution in [0, 0.1) is 0 Å². The Balaban J connectivity index is 0.902. The number of rotatable bonds is 8. The number of H-pyrrole nitrogens is 4. The molecule has 0 radical (unpaired) electrons. The van der Waals surface area contributed by atoms with E-state index >= 15 is 0 Å². The van der Waals surface area contributed by atoms with Gasteiger partial charge in [0.15, 0.2) is 0 Å². The lowest BCUT2D eigenvalue weighted by Gasteiger charge is -2.34. The van der Waals surface area contributed by atoms with Crippen LogP contribution in [0.1, 0.15) is 43.7 Å². The van der Waals surface area contributed by atoms with Gasteiger partial charge in [0.05, 0.1) is 68.8 Å². The van der Waals surface area contributed by atoms with Crippen LogP contribution >= 0.6 is 0 Å². The summed E-state index contributed by atoms with van der Waals surface area (Å²) >= 11 is 0. The van der Waals surface area contributed by atoms with Gasteiger partial charge in [0.1, 0.15) is 22.8 Å². The minimum atomic E-state index is 0.101. The van der Waals surface area contributed by atoms with Gasteiger partial charge < -0.3 is 24.7 Å². The number of nitrogens with one attached hydrogen (secondary N) is 4. The first-order valence-electron chi connectivity index (χ1n) is 21.7. The Kier molecular flexibility index (Phi) is 8.86. The van der Waals surface area contributed by atoms with Crippen LogP contribution in [0.3, 0.4) is 0 Å². The highest BCUT2D eigenvalue weighted by Crippen LogP contribution is 2.40. The van der Waals surface area contributed by atoms with Gasteiger partial charge >= 0.3 is 0 Å². The lowest BCUT2D eigenvalue weighted by molar-refractivity contribution is 0.502. The van der Waals surface area contributed by atoms with Crippen molar-refractivity contribution in [3.05, 3.63) is 104 Å². The van der Waals surface area contributed by atoms with E-state index in [4.69, 9.17) is 30.1 Å². The Hall–Kier alpha value is -7.68. The van der Waals surface area contributed by atoms with E-state index in [0.717, 1.165) is 151 Å². The van der Waals surface area contributed by atoms with E-state index in [1.165, 1.54) is 19.3 Å². The van der Waals surface area contributed by atoms with Crippen molar-refractivity contribution < 1.29 is 0 Å². The van der Waals surface area contributed by atoms with Crippen molar-refractivity contribution >= 4 is 60.9 Å². The normalized spacial score (nSPS) is 15.9. The van der Waals surface area contributed by atoms with E-state index in [-0.39, 0.29) is 5.92 Å².